The number of carbonyl (C=O) groups is 1. The summed E-state index contributed by atoms with van der Waals surface area (Å²) in [4.78, 5) is 28.3. The molecule has 0 saturated carbocycles. The molecule has 0 radical (unpaired) electrons. The van der Waals surface area contributed by atoms with E-state index in [0.29, 0.717) is 11.1 Å². The number of benzene rings is 4. The Morgan fingerprint density at radius 2 is 1.52 bits per heavy atom. The number of ketones is 1. The van der Waals surface area contributed by atoms with Crippen LogP contribution < -0.4 is 5.43 Å². The van der Waals surface area contributed by atoms with Gasteiger partial charge in [0, 0.05) is 52.6 Å². The van der Waals surface area contributed by atoms with Gasteiger partial charge in [-0.1, -0.05) is 29.4 Å². The standard InChI is InChI=1S/C40H36O10/c1-19(2)4-10-25-29(43)13-12-26(38(25)47)39(48)35-27(24-11-9-23(42)16-30(24)44)14-20(3)15-28(35)36-31(45)18-34-37(40(36)49)32(46)17-33(50-34)21-5-7-22(41)8-6-21/h4-9,11-13,15-18,27-28,35,41-45,47,49H,10,14H2,1-3H3/t27-,28+,35-/m1/s1. The van der Waals surface area contributed by atoms with Gasteiger partial charge in [-0.15, -0.1) is 0 Å². The summed E-state index contributed by atoms with van der Waals surface area (Å²) in [5.41, 5.74) is 1.58. The van der Waals surface area contributed by atoms with Gasteiger partial charge in [0.1, 0.15) is 57.0 Å². The monoisotopic (exact) mass is 676 g/mol. The lowest BCUT2D eigenvalue weighted by atomic mass is 9.65. The summed E-state index contributed by atoms with van der Waals surface area (Å²) in [7, 11) is 0. The van der Waals surface area contributed by atoms with Gasteiger partial charge in [-0.3, -0.25) is 9.59 Å². The van der Waals surface area contributed by atoms with E-state index in [9.17, 15) is 45.3 Å². The highest BCUT2D eigenvalue weighted by Crippen LogP contribution is 2.54. The molecule has 7 N–H and O–H groups in total. The quantitative estimate of drug-likeness (QED) is 0.0667. The molecule has 0 fully saturated rings. The number of allylic oxidation sites excluding steroid dienone is 4. The normalized spacial score (nSPS) is 17.3. The molecule has 256 valence electrons. The van der Waals surface area contributed by atoms with E-state index in [0.717, 1.165) is 17.2 Å². The Morgan fingerprint density at radius 3 is 2.20 bits per heavy atom. The fraction of sp³-hybridized carbons (Fsp3) is 0.200. The third-order valence-electron chi connectivity index (χ3n) is 9.28. The zero-order chi connectivity index (χ0) is 36.0. The van der Waals surface area contributed by atoms with Crippen LogP contribution in [0.25, 0.3) is 22.3 Å². The molecule has 4 aromatic carbocycles. The number of hydrogen-bond donors (Lipinski definition) is 7. The van der Waals surface area contributed by atoms with Crippen LogP contribution in [0.5, 0.6) is 40.2 Å². The lowest BCUT2D eigenvalue weighted by Crippen LogP contribution is -2.32. The molecular formula is C40H36O10. The van der Waals surface area contributed by atoms with Crippen LogP contribution >= 0.6 is 0 Å². The van der Waals surface area contributed by atoms with Crippen molar-refractivity contribution in [1.82, 2.24) is 0 Å². The maximum absolute atomic E-state index is 14.8. The number of fused-ring (bicyclic) bond motifs is 1. The number of hydrogen-bond acceptors (Lipinski definition) is 10. The van der Waals surface area contributed by atoms with Crippen molar-refractivity contribution in [2.45, 2.75) is 45.4 Å². The second kappa shape index (κ2) is 13.0. The molecule has 0 unspecified atom stereocenters. The first-order valence-electron chi connectivity index (χ1n) is 16.0. The van der Waals surface area contributed by atoms with Gasteiger partial charge in [-0.05, 0) is 81.6 Å². The van der Waals surface area contributed by atoms with Crippen LogP contribution in [0.3, 0.4) is 0 Å². The number of carbonyl (C=O) groups excluding carboxylic acids is 1. The van der Waals surface area contributed by atoms with Gasteiger partial charge in [0.25, 0.3) is 0 Å². The van der Waals surface area contributed by atoms with E-state index in [4.69, 9.17) is 4.42 Å². The molecule has 6 rings (SSSR count). The first-order valence-corrected chi connectivity index (χ1v) is 16.0. The molecule has 0 amide bonds. The molecule has 0 spiro atoms. The van der Waals surface area contributed by atoms with Crippen molar-refractivity contribution in [3.05, 3.63) is 123 Å². The number of Topliss-reactive ketones (excluding diaryl/α,β-unsaturated/α-hetero) is 1. The average molecular weight is 677 g/mol. The summed E-state index contributed by atoms with van der Waals surface area (Å²) in [5.74, 6) is -5.73. The summed E-state index contributed by atoms with van der Waals surface area (Å²) in [5, 5.41) is 75.7. The molecule has 10 heteroatoms. The SMILES string of the molecule is CC(C)=CCc1c(O)ccc(C(=O)[C@H]2[C@@H](c3c(O)cc4oc(-c5ccc(O)cc5)cc(=O)c4c3O)C=C(C)C[C@@H]2c2ccc(O)cc2O)c1O. The Bertz CT molecular complexity index is 2270. The molecule has 10 nitrogen and oxygen atoms in total. The van der Waals surface area contributed by atoms with Gasteiger partial charge in [-0.2, -0.15) is 0 Å². The van der Waals surface area contributed by atoms with Crippen molar-refractivity contribution in [3.63, 3.8) is 0 Å². The molecule has 0 aliphatic heterocycles. The highest BCUT2D eigenvalue weighted by atomic mass is 16.3. The third-order valence-corrected chi connectivity index (χ3v) is 9.28. The smallest absolute Gasteiger partial charge is 0.197 e. The Labute approximate surface area is 286 Å². The topological polar surface area (TPSA) is 189 Å². The molecule has 1 aromatic heterocycles. The number of rotatable bonds is 7. The van der Waals surface area contributed by atoms with E-state index in [1.165, 1.54) is 48.5 Å². The van der Waals surface area contributed by atoms with E-state index < -0.39 is 46.2 Å². The second-order valence-electron chi connectivity index (χ2n) is 13.0. The van der Waals surface area contributed by atoms with Crippen molar-refractivity contribution >= 4 is 16.8 Å². The maximum atomic E-state index is 14.8. The van der Waals surface area contributed by atoms with E-state index in [1.807, 2.05) is 13.8 Å². The van der Waals surface area contributed by atoms with Gasteiger partial charge in [-0.25, -0.2) is 0 Å². The summed E-state index contributed by atoms with van der Waals surface area (Å²) >= 11 is 0. The van der Waals surface area contributed by atoms with Crippen LogP contribution in [0.2, 0.25) is 0 Å². The van der Waals surface area contributed by atoms with Crippen LogP contribution in [0, 0.1) is 5.92 Å². The summed E-state index contributed by atoms with van der Waals surface area (Å²) in [6.07, 6.45) is 3.89. The minimum absolute atomic E-state index is 0.0143. The molecule has 0 saturated heterocycles. The van der Waals surface area contributed by atoms with Crippen molar-refractivity contribution in [3.8, 4) is 51.6 Å². The van der Waals surface area contributed by atoms with E-state index >= 15 is 0 Å². The number of phenols is 7. The minimum atomic E-state index is -1.18. The lowest BCUT2D eigenvalue weighted by molar-refractivity contribution is 0.0876. The van der Waals surface area contributed by atoms with Crippen molar-refractivity contribution in [1.29, 1.82) is 0 Å². The molecular weight excluding hydrogens is 640 g/mol. The summed E-state index contributed by atoms with van der Waals surface area (Å²) < 4.78 is 5.93. The second-order valence-corrected chi connectivity index (χ2v) is 13.0. The van der Waals surface area contributed by atoms with Gasteiger partial charge < -0.3 is 40.2 Å². The Morgan fingerprint density at radius 1 is 0.820 bits per heavy atom. The lowest BCUT2D eigenvalue weighted by Gasteiger charge is -2.37. The van der Waals surface area contributed by atoms with E-state index in [-0.39, 0.29) is 69.3 Å². The van der Waals surface area contributed by atoms with Gasteiger partial charge >= 0.3 is 0 Å². The van der Waals surface area contributed by atoms with Crippen LogP contribution in [0.4, 0.5) is 0 Å². The molecule has 0 bridgehead atoms. The van der Waals surface area contributed by atoms with Gasteiger partial charge in [0.15, 0.2) is 11.2 Å². The maximum Gasteiger partial charge on any atom is 0.197 e. The first kappa shape index (κ1) is 33.7. The van der Waals surface area contributed by atoms with E-state index in [2.05, 4.69) is 0 Å². The Balaban J connectivity index is 1.57. The molecule has 1 heterocycles. The first-order chi connectivity index (χ1) is 23.7. The fourth-order valence-corrected chi connectivity index (χ4v) is 6.87. The van der Waals surface area contributed by atoms with Crippen molar-refractivity contribution in [2.24, 2.45) is 5.92 Å². The van der Waals surface area contributed by atoms with Crippen molar-refractivity contribution < 1.29 is 45.0 Å². The Kier molecular flexibility index (Phi) is 8.80. The Hall–Kier alpha value is -6.16. The van der Waals surface area contributed by atoms with Crippen molar-refractivity contribution in [2.75, 3.05) is 0 Å². The van der Waals surface area contributed by atoms with E-state index in [1.54, 1.807) is 31.2 Å². The summed E-state index contributed by atoms with van der Waals surface area (Å²) in [6, 6.07) is 14.9. The molecule has 3 atom stereocenters. The molecule has 5 aromatic rings. The third kappa shape index (κ3) is 6.11. The number of aromatic hydroxyl groups is 7. The van der Waals surface area contributed by atoms with Gasteiger partial charge in [0.05, 0.1) is 5.56 Å². The molecule has 50 heavy (non-hydrogen) atoms. The predicted molar refractivity (Wildman–Crippen MR) is 187 cm³/mol. The van der Waals surface area contributed by atoms with Gasteiger partial charge in [0.2, 0.25) is 0 Å². The highest BCUT2D eigenvalue weighted by Gasteiger charge is 2.43. The van der Waals surface area contributed by atoms with Crippen LogP contribution in [-0.2, 0) is 6.42 Å². The average Bonchev–Trinajstić information content (AvgIpc) is 3.04. The molecule has 1 aliphatic rings. The van der Waals surface area contributed by atoms with Crippen LogP contribution in [0.15, 0.2) is 99.2 Å². The molecule has 1 aliphatic carbocycles. The largest absolute Gasteiger partial charge is 0.508 e. The fourth-order valence-electron chi connectivity index (χ4n) is 6.87. The van der Waals surface area contributed by atoms with Crippen LogP contribution in [0.1, 0.15) is 66.1 Å². The summed E-state index contributed by atoms with van der Waals surface area (Å²) in [6.45, 7) is 5.51. The zero-order valence-electron chi connectivity index (χ0n) is 27.5. The minimum Gasteiger partial charge on any atom is -0.508 e. The zero-order valence-corrected chi connectivity index (χ0v) is 27.5. The number of phenolic OH excluding ortho intramolecular Hbond substituents is 7. The highest BCUT2D eigenvalue weighted by molar-refractivity contribution is 6.03. The predicted octanol–water partition coefficient (Wildman–Crippen LogP) is 7.62. The van der Waals surface area contributed by atoms with Crippen LogP contribution in [-0.4, -0.2) is 41.5 Å².